The van der Waals surface area contributed by atoms with Crippen LogP contribution in [-0.2, 0) is 6.18 Å². The van der Waals surface area contributed by atoms with E-state index in [1.807, 2.05) is 0 Å². The van der Waals surface area contributed by atoms with Gasteiger partial charge in [-0.2, -0.15) is 22.0 Å². The van der Waals surface area contributed by atoms with Gasteiger partial charge in [0.05, 0.1) is 17.2 Å². The zero-order valence-corrected chi connectivity index (χ0v) is 13.7. The molecule has 1 atom stereocenters. The molecule has 1 unspecified atom stereocenters. The third-order valence-electron chi connectivity index (χ3n) is 3.60. The van der Waals surface area contributed by atoms with E-state index < -0.39 is 30.1 Å². The first-order chi connectivity index (χ1) is 12.8. The van der Waals surface area contributed by atoms with Gasteiger partial charge in [0, 0.05) is 12.4 Å². The summed E-state index contributed by atoms with van der Waals surface area (Å²) in [6.07, 6.45) is -4.92. The Bertz CT molecular complexity index is 910. The Labute approximate surface area is 149 Å². The molecule has 1 aromatic carbocycles. The average Bonchev–Trinajstić information content (AvgIpc) is 3.12. The molecule has 0 spiro atoms. The summed E-state index contributed by atoms with van der Waals surface area (Å²) in [6, 6.07) is 4.43. The predicted molar refractivity (Wildman–Crippen MR) is 83.8 cm³/mol. The zero-order valence-electron chi connectivity index (χ0n) is 13.7. The van der Waals surface area contributed by atoms with Crippen molar-refractivity contribution in [3.8, 4) is 11.5 Å². The molecule has 3 aromatic rings. The first kappa shape index (κ1) is 18.7. The molecular formula is C16H12F5N5O. The molecule has 2 aromatic heterocycles. The number of alkyl halides is 5. The molecule has 2 heterocycles. The molecule has 0 fully saturated rings. The first-order valence-corrected chi connectivity index (χ1v) is 7.62. The number of nitrogens with one attached hydrogen (secondary N) is 1. The lowest BCUT2D eigenvalue weighted by Gasteiger charge is -2.19. The normalized spacial score (nSPS) is 13.0. The Morgan fingerprint density at radius 1 is 1.04 bits per heavy atom. The van der Waals surface area contributed by atoms with E-state index in [1.54, 1.807) is 0 Å². The largest absolute Gasteiger partial charge is 0.416 e. The molecule has 0 aliphatic heterocycles. The van der Waals surface area contributed by atoms with Gasteiger partial charge in [-0.1, -0.05) is 18.2 Å². The number of hydrogen-bond donors (Lipinski definition) is 1. The molecule has 0 amide bonds. The number of hydrogen-bond acceptors (Lipinski definition) is 6. The van der Waals surface area contributed by atoms with E-state index in [-0.39, 0.29) is 23.0 Å². The fraction of sp³-hybridized carbons (Fsp3) is 0.250. The lowest BCUT2D eigenvalue weighted by Crippen LogP contribution is -2.16. The second kappa shape index (κ2) is 7.25. The van der Waals surface area contributed by atoms with Gasteiger partial charge in [-0.05, 0) is 18.6 Å². The van der Waals surface area contributed by atoms with Crippen LogP contribution in [0.1, 0.15) is 36.4 Å². The van der Waals surface area contributed by atoms with Crippen LogP contribution < -0.4 is 5.32 Å². The van der Waals surface area contributed by atoms with Crippen LogP contribution in [0.3, 0.4) is 0 Å². The van der Waals surface area contributed by atoms with Crippen LogP contribution in [0.4, 0.5) is 27.9 Å². The van der Waals surface area contributed by atoms with Crippen LogP contribution in [0.2, 0.25) is 0 Å². The second-order valence-corrected chi connectivity index (χ2v) is 5.49. The second-order valence-electron chi connectivity index (χ2n) is 5.49. The van der Waals surface area contributed by atoms with Crippen LogP contribution in [0.15, 0.2) is 41.1 Å². The number of nitrogens with zero attached hydrogens (tertiary/aromatic N) is 4. The van der Waals surface area contributed by atoms with Crippen molar-refractivity contribution in [1.82, 2.24) is 20.2 Å². The zero-order chi connectivity index (χ0) is 19.6. The summed E-state index contributed by atoms with van der Waals surface area (Å²) in [5.41, 5.74) is -0.522. The van der Waals surface area contributed by atoms with Gasteiger partial charge < -0.3 is 9.73 Å². The summed E-state index contributed by atoms with van der Waals surface area (Å²) in [5, 5.41) is 9.42. The standard InChI is InChI=1S/C16H12F5N5O/c1-8(10-4-2-3-5-11(10)16(19,20)21)24-15-22-6-9(7-23-15)13-25-26-14(27-13)12(17)18/h2-8,12H,1H3,(H,22,23,24). The average molecular weight is 385 g/mol. The lowest BCUT2D eigenvalue weighted by atomic mass is 10.0. The van der Waals surface area contributed by atoms with Gasteiger partial charge in [0.1, 0.15) is 0 Å². The fourth-order valence-electron chi connectivity index (χ4n) is 2.36. The molecule has 0 radical (unpaired) electrons. The van der Waals surface area contributed by atoms with Crippen LogP contribution in [0.5, 0.6) is 0 Å². The number of anilines is 1. The Balaban J connectivity index is 1.77. The summed E-state index contributed by atoms with van der Waals surface area (Å²) in [4.78, 5) is 7.90. The first-order valence-electron chi connectivity index (χ1n) is 7.62. The lowest BCUT2D eigenvalue weighted by molar-refractivity contribution is -0.138. The summed E-state index contributed by atoms with van der Waals surface area (Å²) in [7, 11) is 0. The number of halogens is 5. The fourth-order valence-corrected chi connectivity index (χ4v) is 2.36. The smallest absolute Gasteiger partial charge is 0.415 e. The van der Waals surface area contributed by atoms with E-state index in [0.717, 1.165) is 6.07 Å². The van der Waals surface area contributed by atoms with Gasteiger partial charge in [0.25, 0.3) is 11.8 Å². The molecule has 0 saturated carbocycles. The maximum atomic E-state index is 13.1. The Kier molecular flexibility index (Phi) is 5.02. The van der Waals surface area contributed by atoms with Gasteiger partial charge in [-0.15, -0.1) is 10.2 Å². The van der Waals surface area contributed by atoms with Gasteiger partial charge in [0.15, 0.2) is 0 Å². The van der Waals surface area contributed by atoms with E-state index in [4.69, 9.17) is 4.42 Å². The third kappa shape index (κ3) is 4.18. The van der Waals surface area contributed by atoms with Crippen molar-refractivity contribution in [2.45, 2.75) is 25.6 Å². The highest BCUT2D eigenvalue weighted by molar-refractivity contribution is 5.50. The maximum absolute atomic E-state index is 13.1. The van der Waals surface area contributed by atoms with E-state index in [2.05, 4.69) is 25.5 Å². The topological polar surface area (TPSA) is 76.7 Å². The van der Waals surface area contributed by atoms with Gasteiger partial charge in [0.2, 0.25) is 5.95 Å². The molecule has 0 aliphatic carbocycles. The summed E-state index contributed by atoms with van der Waals surface area (Å²) in [5.74, 6) is -0.964. The van der Waals surface area contributed by atoms with E-state index in [1.165, 1.54) is 37.5 Å². The van der Waals surface area contributed by atoms with Crippen LogP contribution in [0.25, 0.3) is 11.5 Å². The highest BCUT2D eigenvalue weighted by Crippen LogP contribution is 2.35. The molecule has 6 nitrogen and oxygen atoms in total. The van der Waals surface area contributed by atoms with Gasteiger partial charge in [-0.25, -0.2) is 9.97 Å². The van der Waals surface area contributed by atoms with Gasteiger partial charge in [-0.3, -0.25) is 0 Å². The molecule has 142 valence electrons. The summed E-state index contributed by atoms with van der Waals surface area (Å²) >= 11 is 0. The van der Waals surface area contributed by atoms with Crippen molar-refractivity contribution in [2.75, 3.05) is 5.32 Å². The predicted octanol–water partition coefficient (Wildman–Crippen LogP) is 4.66. The minimum absolute atomic E-state index is 0.0381. The van der Waals surface area contributed by atoms with Crippen molar-refractivity contribution in [1.29, 1.82) is 0 Å². The van der Waals surface area contributed by atoms with E-state index in [0.29, 0.717) is 0 Å². The van der Waals surface area contributed by atoms with Crippen molar-refractivity contribution in [3.63, 3.8) is 0 Å². The van der Waals surface area contributed by atoms with Gasteiger partial charge >= 0.3 is 12.6 Å². The molecule has 0 aliphatic rings. The molecule has 11 heteroatoms. The molecule has 0 bridgehead atoms. The van der Waals surface area contributed by atoms with E-state index in [9.17, 15) is 22.0 Å². The Hall–Kier alpha value is -3.11. The van der Waals surface area contributed by atoms with Crippen molar-refractivity contribution >= 4 is 5.95 Å². The molecular weight excluding hydrogens is 373 g/mol. The summed E-state index contributed by atoms with van der Waals surface area (Å²) < 4.78 is 69.0. The highest BCUT2D eigenvalue weighted by atomic mass is 19.4. The highest BCUT2D eigenvalue weighted by Gasteiger charge is 2.34. The van der Waals surface area contributed by atoms with Crippen molar-refractivity contribution in [3.05, 3.63) is 53.7 Å². The Morgan fingerprint density at radius 2 is 1.70 bits per heavy atom. The quantitative estimate of drug-likeness (QED) is 0.644. The Morgan fingerprint density at radius 3 is 2.30 bits per heavy atom. The van der Waals surface area contributed by atoms with E-state index >= 15 is 0 Å². The summed E-state index contributed by atoms with van der Waals surface area (Å²) in [6.45, 7) is 1.54. The maximum Gasteiger partial charge on any atom is 0.416 e. The molecule has 1 N–H and O–H groups in total. The monoisotopic (exact) mass is 385 g/mol. The SMILES string of the molecule is CC(Nc1ncc(-c2nnc(C(F)F)o2)cn1)c1ccccc1C(F)(F)F. The minimum Gasteiger partial charge on any atom is -0.415 e. The molecule has 0 saturated heterocycles. The number of rotatable bonds is 5. The molecule has 27 heavy (non-hydrogen) atoms. The van der Waals surface area contributed by atoms with Crippen LogP contribution in [0, 0.1) is 0 Å². The van der Waals surface area contributed by atoms with Crippen molar-refractivity contribution < 1.29 is 26.4 Å². The number of aromatic nitrogens is 4. The minimum atomic E-state index is -4.49. The third-order valence-corrected chi connectivity index (χ3v) is 3.60. The molecule has 3 rings (SSSR count). The van der Waals surface area contributed by atoms with Crippen LogP contribution >= 0.6 is 0 Å². The number of benzene rings is 1. The van der Waals surface area contributed by atoms with Crippen LogP contribution in [-0.4, -0.2) is 20.2 Å². The van der Waals surface area contributed by atoms with Crippen molar-refractivity contribution in [2.24, 2.45) is 0 Å².